The molecular formula is C23H25F3N4O4. The Hall–Kier alpha value is -3.50. The van der Waals surface area contributed by atoms with Gasteiger partial charge in [0.1, 0.15) is 17.1 Å². The van der Waals surface area contributed by atoms with E-state index in [1.165, 1.54) is 21.9 Å². The molecule has 11 heteroatoms. The molecule has 2 aromatic rings. The zero-order valence-electron chi connectivity index (χ0n) is 19.3. The quantitative estimate of drug-likeness (QED) is 0.627. The van der Waals surface area contributed by atoms with Gasteiger partial charge in [-0.1, -0.05) is 6.07 Å². The van der Waals surface area contributed by atoms with Gasteiger partial charge in [0.15, 0.2) is 0 Å². The molecule has 0 N–H and O–H groups in total. The van der Waals surface area contributed by atoms with Gasteiger partial charge in [0.05, 0.1) is 17.9 Å². The molecule has 182 valence electrons. The van der Waals surface area contributed by atoms with Crippen LogP contribution in [0.4, 0.5) is 13.2 Å². The van der Waals surface area contributed by atoms with E-state index in [0.29, 0.717) is 11.5 Å². The summed E-state index contributed by atoms with van der Waals surface area (Å²) in [6.07, 6.45) is -4.56. The summed E-state index contributed by atoms with van der Waals surface area (Å²) in [7, 11) is 0. The first-order valence-corrected chi connectivity index (χ1v) is 10.7. The van der Waals surface area contributed by atoms with Crippen molar-refractivity contribution in [3.63, 3.8) is 0 Å². The molecule has 1 aromatic heterocycles. The summed E-state index contributed by atoms with van der Waals surface area (Å²) in [5, 5.41) is 0. The average Bonchev–Trinajstić information content (AvgIpc) is 2.77. The number of hydrogen-bond acceptors (Lipinski definition) is 6. The lowest BCUT2D eigenvalue weighted by molar-refractivity contribution is -0.137. The van der Waals surface area contributed by atoms with Crippen molar-refractivity contribution in [1.82, 2.24) is 19.8 Å². The average molecular weight is 478 g/mol. The molecule has 0 bridgehead atoms. The van der Waals surface area contributed by atoms with E-state index in [4.69, 9.17) is 4.74 Å². The van der Waals surface area contributed by atoms with E-state index in [2.05, 4.69) is 9.97 Å². The van der Waals surface area contributed by atoms with E-state index in [1.807, 2.05) is 0 Å². The van der Waals surface area contributed by atoms with Gasteiger partial charge in [0, 0.05) is 31.2 Å². The molecule has 1 aliphatic rings. The highest BCUT2D eigenvalue weighted by Gasteiger charge is 2.35. The molecule has 8 nitrogen and oxygen atoms in total. The lowest BCUT2D eigenvalue weighted by atomic mass is 10.1. The van der Waals surface area contributed by atoms with Crippen LogP contribution in [0.25, 0.3) is 0 Å². The van der Waals surface area contributed by atoms with E-state index >= 15 is 0 Å². The molecule has 2 amide bonds. The molecule has 0 radical (unpaired) electrons. The molecule has 1 aromatic carbocycles. The number of aromatic nitrogens is 2. The van der Waals surface area contributed by atoms with Crippen LogP contribution in [0.5, 0.6) is 0 Å². The van der Waals surface area contributed by atoms with E-state index in [9.17, 15) is 27.6 Å². The van der Waals surface area contributed by atoms with Crippen molar-refractivity contribution in [2.75, 3.05) is 26.2 Å². The highest BCUT2D eigenvalue weighted by Crippen LogP contribution is 2.30. The zero-order chi connectivity index (χ0) is 25.2. The minimum absolute atomic E-state index is 0.00688. The van der Waals surface area contributed by atoms with Gasteiger partial charge >= 0.3 is 12.1 Å². The first-order chi connectivity index (χ1) is 15.9. The Morgan fingerprint density at radius 1 is 1.12 bits per heavy atom. The summed E-state index contributed by atoms with van der Waals surface area (Å²) in [4.78, 5) is 49.9. The maximum absolute atomic E-state index is 13.3. The number of nitrogens with zero attached hydrogens (tertiary/aromatic N) is 4. The third-order valence-corrected chi connectivity index (χ3v) is 5.50. The van der Waals surface area contributed by atoms with Gasteiger partial charge in [-0.05, 0) is 45.9 Å². The second-order valence-electron chi connectivity index (χ2n) is 7.98. The maximum Gasteiger partial charge on any atom is 0.416 e. The molecule has 2 heterocycles. The monoisotopic (exact) mass is 478 g/mol. The number of rotatable bonds is 4. The Kier molecular flexibility index (Phi) is 7.23. The number of ether oxygens (including phenoxy) is 1. The minimum atomic E-state index is -4.56. The maximum atomic E-state index is 13.3. The molecule has 1 unspecified atom stereocenters. The molecular weight excluding hydrogens is 453 g/mol. The number of carbonyl (C=O) groups excluding carboxylic acids is 3. The fourth-order valence-corrected chi connectivity index (χ4v) is 3.90. The molecule has 0 saturated carbocycles. The molecule has 0 spiro atoms. The Morgan fingerprint density at radius 2 is 1.82 bits per heavy atom. The van der Waals surface area contributed by atoms with Crippen molar-refractivity contribution in [2.24, 2.45) is 0 Å². The molecule has 1 fully saturated rings. The Bertz CT molecular complexity index is 1120. The van der Waals surface area contributed by atoms with Crippen LogP contribution in [0.15, 0.2) is 24.3 Å². The highest BCUT2D eigenvalue weighted by molar-refractivity contribution is 6.04. The van der Waals surface area contributed by atoms with Crippen molar-refractivity contribution in [2.45, 2.75) is 39.9 Å². The second kappa shape index (κ2) is 9.78. The van der Waals surface area contributed by atoms with Crippen molar-refractivity contribution in [3.05, 3.63) is 58.2 Å². The SMILES string of the molecule is CCOC(=O)c1c(C)nc(C)nc1C(=O)N1CCN(C(=O)c2cccc(C(F)(F)F)c2)C(C)C1. The lowest BCUT2D eigenvalue weighted by Crippen LogP contribution is -2.55. The first-order valence-electron chi connectivity index (χ1n) is 10.7. The summed E-state index contributed by atoms with van der Waals surface area (Å²) >= 11 is 0. The van der Waals surface area contributed by atoms with E-state index in [0.717, 1.165) is 12.1 Å². The lowest BCUT2D eigenvalue weighted by Gasteiger charge is -2.40. The van der Waals surface area contributed by atoms with Gasteiger partial charge < -0.3 is 14.5 Å². The predicted octanol–water partition coefficient (Wildman–Crippen LogP) is 3.28. The summed E-state index contributed by atoms with van der Waals surface area (Å²) in [6.45, 7) is 7.01. The zero-order valence-corrected chi connectivity index (χ0v) is 19.3. The van der Waals surface area contributed by atoms with Crippen LogP contribution in [0.2, 0.25) is 0 Å². The summed E-state index contributed by atoms with van der Waals surface area (Å²) in [5.41, 5.74) is -0.740. The van der Waals surface area contributed by atoms with Crippen molar-refractivity contribution in [1.29, 1.82) is 0 Å². The number of carbonyl (C=O) groups is 3. The van der Waals surface area contributed by atoms with Crippen molar-refractivity contribution < 1.29 is 32.3 Å². The van der Waals surface area contributed by atoms with Crippen LogP contribution < -0.4 is 0 Å². The fraction of sp³-hybridized carbons (Fsp3) is 0.435. The van der Waals surface area contributed by atoms with Crippen LogP contribution in [0, 0.1) is 13.8 Å². The van der Waals surface area contributed by atoms with Gasteiger partial charge in [-0.15, -0.1) is 0 Å². The first kappa shape index (κ1) is 25.1. The second-order valence-corrected chi connectivity index (χ2v) is 7.98. The van der Waals surface area contributed by atoms with Crippen LogP contribution in [0.3, 0.4) is 0 Å². The Balaban J connectivity index is 1.81. The van der Waals surface area contributed by atoms with Crippen LogP contribution in [-0.2, 0) is 10.9 Å². The van der Waals surface area contributed by atoms with Gasteiger partial charge in [-0.25, -0.2) is 14.8 Å². The fourth-order valence-electron chi connectivity index (χ4n) is 3.90. The van der Waals surface area contributed by atoms with Gasteiger partial charge in [0.2, 0.25) is 0 Å². The number of piperazine rings is 1. The third kappa shape index (κ3) is 5.18. The molecule has 3 rings (SSSR count). The van der Waals surface area contributed by atoms with E-state index < -0.39 is 35.6 Å². The smallest absolute Gasteiger partial charge is 0.416 e. The van der Waals surface area contributed by atoms with Crippen molar-refractivity contribution >= 4 is 17.8 Å². The number of aryl methyl sites for hydroxylation is 2. The van der Waals surface area contributed by atoms with E-state index in [-0.39, 0.29) is 43.1 Å². The van der Waals surface area contributed by atoms with Gasteiger partial charge in [-0.3, -0.25) is 9.59 Å². The van der Waals surface area contributed by atoms with Gasteiger partial charge in [0.25, 0.3) is 11.8 Å². The topological polar surface area (TPSA) is 92.7 Å². The van der Waals surface area contributed by atoms with Crippen molar-refractivity contribution in [3.8, 4) is 0 Å². The normalized spacial score (nSPS) is 16.4. The summed E-state index contributed by atoms with van der Waals surface area (Å²) in [6, 6.07) is 3.78. The Labute approximate surface area is 194 Å². The van der Waals surface area contributed by atoms with Crippen LogP contribution in [0.1, 0.15) is 62.1 Å². The third-order valence-electron chi connectivity index (χ3n) is 5.50. The standard InChI is InChI=1S/C23H25F3N4O4/c1-5-34-22(33)18-14(3)27-15(4)28-19(18)21(32)29-9-10-30(13(2)12-29)20(31)16-7-6-8-17(11-16)23(24,25)26/h6-8,11,13H,5,9-10,12H2,1-4H3. The number of amides is 2. The predicted molar refractivity (Wildman–Crippen MR) is 115 cm³/mol. The number of hydrogen-bond donors (Lipinski definition) is 0. The molecule has 34 heavy (non-hydrogen) atoms. The highest BCUT2D eigenvalue weighted by atomic mass is 19.4. The van der Waals surface area contributed by atoms with Gasteiger partial charge in [-0.2, -0.15) is 13.2 Å². The Morgan fingerprint density at radius 3 is 2.44 bits per heavy atom. The molecule has 1 aliphatic heterocycles. The van der Waals surface area contributed by atoms with Crippen LogP contribution >= 0.6 is 0 Å². The summed E-state index contributed by atoms with van der Waals surface area (Å²) in [5.74, 6) is -1.43. The van der Waals surface area contributed by atoms with E-state index in [1.54, 1.807) is 27.7 Å². The number of benzene rings is 1. The number of esters is 1. The molecule has 0 aliphatic carbocycles. The molecule has 1 saturated heterocycles. The largest absolute Gasteiger partial charge is 0.462 e. The van der Waals surface area contributed by atoms with Crippen LogP contribution in [-0.4, -0.2) is 69.8 Å². The number of alkyl halides is 3. The molecule has 1 atom stereocenters. The minimum Gasteiger partial charge on any atom is -0.462 e. The summed E-state index contributed by atoms with van der Waals surface area (Å²) < 4.78 is 44.2. The number of halogens is 3.